The van der Waals surface area contributed by atoms with Crippen LogP contribution in [0.2, 0.25) is 0 Å². The van der Waals surface area contributed by atoms with Crippen LogP contribution in [-0.4, -0.2) is 34.0 Å². The van der Waals surface area contributed by atoms with Gasteiger partial charge < -0.3 is 26.0 Å². The van der Waals surface area contributed by atoms with Crippen LogP contribution < -0.4 is 26.0 Å². The predicted molar refractivity (Wildman–Crippen MR) is 129 cm³/mol. The summed E-state index contributed by atoms with van der Waals surface area (Å²) in [4.78, 5) is 23.7. The number of rotatable bonds is 7. The van der Waals surface area contributed by atoms with Gasteiger partial charge in [-0.15, -0.1) is 0 Å². The van der Waals surface area contributed by atoms with Crippen molar-refractivity contribution in [2.45, 2.75) is 23.3 Å². The van der Waals surface area contributed by atoms with Crippen LogP contribution in [0.5, 0.6) is 5.75 Å². The highest BCUT2D eigenvalue weighted by Gasteiger charge is 2.34. The molecule has 0 spiro atoms. The minimum atomic E-state index is -1.88. The molecular formula is C20H21Cl3N4O3S. The SMILES string of the molecule is COc1ccc(CC(=O)NC(NC(=S)Nc2cccc(NC(C)=O)c2)C(Cl)(Cl)Cl)cc1. The van der Waals surface area contributed by atoms with E-state index in [0.717, 1.165) is 5.56 Å². The number of nitrogens with one attached hydrogen (secondary N) is 4. The lowest BCUT2D eigenvalue weighted by molar-refractivity contribution is -0.121. The second kappa shape index (κ2) is 11.4. The number of thiocarbonyl (C=S) groups is 1. The maximum atomic E-state index is 12.4. The summed E-state index contributed by atoms with van der Waals surface area (Å²) in [6.07, 6.45) is -1.02. The maximum absolute atomic E-state index is 12.4. The summed E-state index contributed by atoms with van der Waals surface area (Å²) in [7, 11) is 1.56. The average molecular weight is 504 g/mol. The number of hydrogen-bond acceptors (Lipinski definition) is 4. The molecule has 0 heterocycles. The van der Waals surface area contributed by atoms with Gasteiger partial charge in [-0.1, -0.05) is 53.0 Å². The van der Waals surface area contributed by atoms with Gasteiger partial charge in [0, 0.05) is 18.3 Å². The number of amides is 2. The molecule has 31 heavy (non-hydrogen) atoms. The van der Waals surface area contributed by atoms with Crippen LogP contribution in [0.1, 0.15) is 12.5 Å². The molecule has 7 nitrogen and oxygen atoms in total. The van der Waals surface area contributed by atoms with E-state index >= 15 is 0 Å². The third-order valence-corrected chi connectivity index (χ3v) is 4.75. The van der Waals surface area contributed by atoms with E-state index in [1.165, 1.54) is 6.92 Å². The van der Waals surface area contributed by atoms with E-state index in [-0.39, 0.29) is 23.3 Å². The normalized spacial score (nSPS) is 11.8. The first-order valence-corrected chi connectivity index (χ1v) is 10.5. The van der Waals surface area contributed by atoms with Crippen LogP contribution in [-0.2, 0) is 16.0 Å². The first-order valence-electron chi connectivity index (χ1n) is 9.01. The van der Waals surface area contributed by atoms with Crippen molar-refractivity contribution in [2.24, 2.45) is 0 Å². The quantitative estimate of drug-likeness (QED) is 0.259. The number of methoxy groups -OCH3 is 1. The lowest BCUT2D eigenvalue weighted by Crippen LogP contribution is -2.56. The van der Waals surface area contributed by atoms with E-state index in [0.29, 0.717) is 17.1 Å². The lowest BCUT2D eigenvalue weighted by Gasteiger charge is -2.28. The van der Waals surface area contributed by atoms with E-state index < -0.39 is 9.96 Å². The zero-order valence-corrected chi connectivity index (χ0v) is 19.8. The zero-order chi connectivity index (χ0) is 23.0. The Morgan fingerprint density at radius 1 is 1.03 bits per heavy atom. The van der Waals surface area contributed by atoms with Gasteiger partial charge in [0.25, 0.3) is 0 Å². The molecule has 0 saturated heterocycles. The fraction of sp³-hybridized carbons (Fsp3) is 0.250. The topological polar surface area (TPSA) is 91.5 Å². The van der Waals surface area contributed by atoms with Crippen molar-refractivity contribution < 1.29 is 14.3 Å². The van der Waals surface area contributed by atoms with Gasteiger partial charge in [0.15, 0.2) is 5.11 Å². The highest BCUT2D eigenvalue weighted by Crippen LogP contribution is 2.29. The van der Waals surface area contributed by atoms with Crippen LogP contribution >= 0.6 is 47.0 Å². The molecule has 2 amide bonds. The summed E-state index contributed by atoms with van der Waals surface area (Å²) in [6.45, 7) is 1.41. The second-order valence-electron chi connectivity index (χ2n) is 6.43. The molecule has 166 valence electrons. The van der Waals surface area contributed by atoms with Crippen LogP contribution in [0.4, 0.5) is 11.4 Å². The number of halogens is 3. The fourth-order valence-corrected chi connectivity index (χ4v) is 3.08. The van der Waals surface area contributed by atoms with Crippen molar-refractivity contribution in [2.75, 3.05) is 17.7 Å². The summed E-state index contributed by atoms with van der Waals surface area (Å²) >= 11 is 23.3. The standard InChI is InChI=1S/C20H21Cl3N4O3S/c1-12(28)24-14-4-3-5-15(11-14)25-19(31)27-18(20(21,22)23)26-17(29)10-13-6-8-16(30-2)9-7-13/h3-9,11,18H,10H2,1-2H3,(H,24,28)(H,26,29)(H2,25,27,31). The Hall–Kier alpha value is -2.26. The molecule has 0 aromatic heterocycles. The maximum Gasteiger partial charge on any atom is 0.228 e. The van der Waals surface area contributed by atoms with Crippen molar-refractivity contribution in [1.82, 2.24) is 10.6 Å². The Balaban J connectivity index is 1.99. The first-order chi connectivity index (χ1) is 14.6. The number of alkyl halides is 3. The van der Waals surface area contributed by atoms with E-state index in [4.69, 9.17) is 51.8 Å². The Labute approximate surface area is 200 Å². The van der Waals surface area contributed by atoms with Gasteiger partial charge >= 0.3 is 0 Å². The third-order valence-electron chi connectivity index (χ3n) is 3.87. The molecular weight excluding hydrogens is 483 g/mol. The molecule has 1 unspecified atom stereocenters. The molecule has 0 saturated carbocycles. The van der Waals surface area contributed by atoms with Crippen molar-refractivity contribution >= 4 is 75.3 Å². The lowest BCUT2D eigenvalue weighted by atomic mass is 10.1. The Morgan fingerprint density at radius 3 is 2.19 bits per heavy atom. The highest BCUT2D eigenvalue weighted by molar-refractivity contribution is 7.80. The molecule has 0 aliphatic carbocycles. The third kappa shape index (κ3) is 8.78. The van der Waals surface area contributed by atoms with Gasteiger partial charge in [0.2, 0.25) is 15.6 Å². The minimum Gasteiger partial charge on any atom is -0.497 e. The minimum absolute atomic E-state index is 0.0713. The van der Waals surface area contributed by atoms with Crippen molar-refractivity contribution in [3.63, 3.8) is 0 Å². The van der Waals surface area contributed by atoms with Gasteiger partial charge in [0.1, 0.15) is 11.9 Å². The molecule has 2 aromatic carbocycles. The Kier molecular flexibility index (Phi) is 9.18. The van der Waals surface area contributed by atoms with Crippen LogP contribution in [0.25, 0.3) is 0 Å². The van der Waals surface area contributed by atoms with Crippen molar-refractivity contribution in [1.29, 1.82) is 0 Å². The number of anilines is 2. The molecule has 4 N–H and O–H groups in total. The Bertz CT molecular complexity index is 936. The summed E-state index contributed by atoms with van der Waals surface area (Å²) in [5.74, 6) is 0.113. The zero-order valence-electron chi connectivity index (χ0n) is 16.7. The van der Waals surface area contributed by atoms with E-state index in [1.54, 1.807) is 55.6 Å². The number of ether oxygens (including phenoxy) is 1. The molecule has 0 fully saturated rings. The number of carbonyl (C=O) groups is 2. The first kappa shape index (κ1) is 25.0. The molecule has 0 aliphatic heterocycles. The predicted octanol–water partition coefficient (Wildman–Crippen LogP) is 4.00. The van der Waals surface area contributed by atoms with Crippen molar-refractivity contribution in [3.8, 4) is 5.75 Å². The molecule has 1 atom stereocenters. The molecule has 0 aliphatic rings. The highest BCUT2D eigenvalue weighted by atomic mass is 35.6. The molecule has 0 radical (unpaired) electrons. The van der Waals surface area contributed by atoms with E-state index in [2.05, 4.69) is 21.3 Å². The van der Waals surface area contributed by atoms with Gasteiger partial charge in [-0.2, -0.15) is 0 Å². The summed E-state index contributed by atoms with van der Waals surface area (Å²) in [5.41, 5.74) is 1.94. The number of hydrogen-bond donors (Lipinski definition) is 4. The van der Waals surface area contributed by atoms with Gasteiger partial charge in [-0.25, -0.2) is 0 Å². The summed E-state index contributed by atoms with van der Waals surface area (Å²) in [5, 5.41) is 11.1. The van der Waals surface area contributed by atoms with Crippen LogP contribution in [0.3, 0.4) is 0 Å². The van der Waals surface area contributed by atoms with Crippen LogP contribution in [0.15, 0.2) is 48.5 Å². The van der Waals surface area contributed by atoms with E-state index in [1.807, 2.05) is 0 Å². The van der Waals surface area contributed by atoms with Crippen LogP contribution in [0, 0.1) is 0 Å². The fourth-order valence-electron chi connectivity index (χ4n) is 2.52. The molecule has 11 heteroatoms. The number of benzene rings is 2. The Morgan fingerprint density at radius 2 is 1.65 bits per heavy atom. The molecule has 2 rings (SSSR count). The smallest absolute Gasteiger partial charge is 0.228 e. The number of carbonyl (C=O) groups excluding carboxylic acids is 2. The van der Waals surface area contributed by atoms with Gasteiger partial charge in [-0.05, 0) is 48.1 Å². The summed E-state index contributed by atoms with van der Waals surface area (Å²) in [6, 6.07) is 13.9. The van der Waals surface area contributed by atoms with E-state index in [9.17, 15) is 9.59 Å². The summed E-state index contributed by atoms with van der Waals surface area (Å²) < 4.78 is 3.22. The second-order valence-corrected chi connectivity index (χ2v) is 9.20. The van der Waals surface area contributed by atoms with Gasteiger partial charge in [-0.3, -0.25) is 9.59 Å². The average Bonchev–Trinajstić information content (AvgIpc) is 2.67. The largest absolute Gasteiger partial charge is 0.497 e. The molecule has 0 bridgehead atoms. The van der Waals surface area contributed by atoms with Gasteiger partial charge in [0.05, 0.1) is 13.5 Å². The monoisotopic (exact) mass is 502 g/mol. The van der Waals surface area contributed by atoms with Crippen molar-refractivity contribution in [3.05, 3.63) is 54.1 Å². The molecule has 2 aromatic rings.